The smallest absolute Gasteiger partial charge is 0.309 e. The lowest BCUT2D eigenvalue weighted by Crippen LogP contribution is -2.41. The quantitative estimate of drug-likeness (QED) is 0.618. The first-order valence-electron chi connectivity index (χ1n) is 8.90. The van der Waals surface area contributed by atoms with Gasteiger partial charge in [-0.05, 0) is 25.0 Å². The summed E-state index contributed by atoms with van der Waals surface area (Å²) in [6, 6.07) is 15.4. The van der Waals surface area contributed by atoms with E-state index < -0.39 is 17.9 Å². The summed E-state index contributed by atoms with van der Waals surface area (Å²) in [5.41, 5.74) is 4.03. The van der Waals surface area contributed by atoms with E-state index in [4.69, 9.17) is 9.84 Å². The number of benzene rings is 2. The maximum absolute atomic E-state index is 12.1. The van der Waals surface area contributed by atoms with Crippen molar-refractivity contribution in [2.75, 3.05) is 19.8 Å². The van der Waals surface area contributed by atoms with Crippen LogP contribution in [0.1, 0.15) is 28.4 Å². The van der Waals surface area contributed by atoms with Crippen LogP contribution in [-0.4, -0.2) is 36.7 Å². The summed E-state index contributed by atoms with van der Waals surface area (Å²) in [5, 5.41) is 14.2. The zero-order valence-electron chi connectivity index (χ0n) is 15.7. The summed E-state index contributed by atoms with van der Waals surface area (Å²) in [5.74, 6) is -1.41. The van der Waals surface area contributed by atoms with Crippen molar-refractivity contribution in [3.8, 4) is 0 Å². The Labute approximate surface area is 159 Å². The molecule has 3 N–H and O–H groups in total. The number of aliphatic hydroxyl groups is 1. The molecule has 0 saturated heterocycles. The third-order valence-corrected chi connectivity index (χ3v) is 4.09. The van der Waals surface area contributed by atoms with Crippen LogP contribution in [0.5, 0.6) is 0 Å². The van der Waals surface area contributed by atoms with Crippen LogP contribution in [-0.2, 0) is 20.9 Å². The predicted octanol–water partition coefficient (Wildman–Crippen LogP) is 1.79. The molecule has 2 rings (SSSR count). The van der Waals surface area contributed by atoms with Crippen molar-refractivity contribution >= 4 is 11.8 Å². The fourth-order valence-electron chi connectivity index (χ4n) is 2.48. The second-order valence-corrected chi connectivity index (χ2v) is 6.37. The fraction of sp³-hybridized carbons (Fsp3) is 0.333. The Hall–Kier alpha value is -2.70. The molecular formula is C21H26N2O4. The molecule has 0 heterocycles. The van der Waals surface area contributed by atoms with Gasteiger partial charge >= 0.3 is 11.8 Å². The van der Waals surface area contributed by atoms with Crippen LogP contribution in [0.25, 0.3) is 0 Å². The number of nitrogens with one attached hydrogen (secondary N) is 2. The minimum Gasteiger partial charge on any atom is -0.394 e. The predicted molar refractivity (Wildman–Crippen MR) is 103 cm³/mol. The Morgan fingerprint density at radius 1 is 0.926 bits per heavy atom. The van der Waals surface area contributed by atoms with Crippen molar-refractivity contribution in [1.82, 2.24) is 10.6 Å². The molecule has 0 radical (unpaired) electrons. The van der Waals surface area contributed by atoms with E-state index in [9.17, 15) is 9.59 Å². The molecule has 2 aromatic rings. The number of hydrogen-bond acceptors (Lipinski definition) is 4. The molecule has 0 saturated carbocycles. The van der Waals surface area contributed by atoms with Gasteiger partial charge < -0.3 is 20.5 Å². The molecule has 0 bridgehead atoms. The van der Waals surface area contributed by atoms with Gasteiger partial charge in [-0.1, -0.05) is 59.7 Å². The molecule has 0 aliphatic carbocycles. The minimum atomic E-state index is -0.716. The normalized spacial score (nSPS) is 11.7. The van der Waals surface area contributed by atoms with Gasteiger partial charge in [0.15, 0.2) is 0 Å². The molecule has 6 heteroatoms. The van der Waals surface area contributed by atoms with Gasteiger partial charge in [-0.15, -0.1) is 0 Å². The Bertz CT molecular complexity index is 742. The van der Waals surface area contributed by atoms with Gasteiger partial charge in [0.25, 0.3) is 0 Å². The Kier molecular flexibility index (Phi) is 7.98. The SMILES string of the molecule is Cc1ccc(CNC(=O)C(=O)NCC(OCCO)c2ccc(C)cc2)cc1. The molecule has 144 valence electrons. The first-order chi connectivity index (χ1) is 13.0. The maximum Gasteiger partial charge on any atom is 0.309 e. The maximum atomic E-state index is 12.1. The largest absolute Gasteiger partial charge is 0.394 e. The summed E-state index contributed by atoms with van der Waals surface area (Å²) in [4.78, 5) is 24.0. The van der Waals surface area contributed by atoms with Crippen molar-refractivity contribution in [2.24, 2.45) is 0 Å². The highest BCUT2D eigenvalue weighted by molar-refractivity contribution is 6.35. The van der Waals surface area contributed by atoms with Crippen molar-refractivity contribution in [3.05, 3.63) is 70.8 Å². The summed E-state index contributed by atoms with van der Waals surface area (Å²) in [6.45, 7) is 4.42. The van der Waals surface area contributed by atoms with Gasteiger partial charge in [-0.3, -0.25) is 9.59 Å². The monoisotopic (exact) mass is 370 g/mol. The fourth-order valence-corrected chi connectivity index (χ4v) is 2.48. The molecule has 1 atom stereocenters. The molecule has 0 fully saturated rings. The molecule has 1 unspecified atom stereocenters. The first-order valence-corrected chi connectivity index (χ1v) is 8.90. The lowest BCUT2D eigenvalue weighted by atomic mass is 10.1. The average molecular weight is 370 g/mol. The van der Waals surface area contributed by atoms with Crippen LogP contribution in [0.2, 0.25) is 0 Å². The molecule has 2 aromatic carbocycles. The number of rotatable bonds is 8. The summed E-state index contributed by atoms with van der Waals surface area (Å²) in [6.07, 6.45) is -0.438. The number of carbonyl (C=O) groups is 2. The standard InChI is InChI=1S/C21H26N2O4/c1-15-3-7-17(8-4-15)13-22-20(25)21(26)23-14-19(27-12-11-24)18-9-5-16(2)6-10-18/h3-10,19,24H,11-14H2,1-2H3,(H,22,25)(H,23,26). The third kappa shape index (κ3) is 6.84. The Balaban J connectivity index is 1.86. The van der Waals surface area contributed by atoms with E-state index in [1.165, 1.54) is 0 Å². The first kappa shape index (κ1) is 20.6. The number of carbonyl (C=O) groups excluding carboxylic acids is 2. The zero-order valence-corrected chi connectivity index (χ0v) is 15.7. The van der Waals surface area contributed by atoms with Gasteiger partial charge in [0.05, 0.1) is 19.3 Å². The zero-order chi connectivity index (χ0) is 19.6. The molecular weight excluding hydrogens is 344 g/mol. The van der Waals surface area contributed by atoms with Crippen LogP contribution in [0, 0.1) is 13.8 Å². The van der Waals surface area contributed by atoms with Crippen molar-refractivity contribution in [2.45, 2.75) is 26.5 Å². The molecule has 0 aliphatic rings. The number of amides is 2. The van der Waals surface area contributed by atoms with Gasteiger partial charge in [0, 0.05) is 13.1 Å². The van der Waals surface area contributed by atoms with E-state index in [2.05, 4.69) is 10.6 Å². The van der Waals surface area contributed by atoms with Crippen LogP contribution in [0.15, 0.2) is 48.5 Å². The van der Waals surface area contributed by atoms with Crippen LogP contribution in [0.3, 0.4) is 0 Å². The summed E-state index contributed by atoms with van der Waals surface area (Å²) in [7, 11) is 0. The third-order valence-electron chi connectivity index (χ3n) is 4.09. The number of hydrogen-bond donors (Lipinski definition) is 3. The molecule has 2 amide bonds. The summed E-state index contributed by atoms with van der Waals surface area (Å²) >= 11 is 0. The molecule has 6 nitrogen and oxygen atoms in total. The van der Waals surface area contributed by atoms with Crippen molar-refractivity contribution in [3.63, 3.8) is 0 Å². The minimum absolute atomic E-state index is 0.118. The average Bonchev–Trinajstić information content (AvgIpc) is 2.68. The van der Waals surface area contributed by atoms with Crippen LogP contribution < -0.4 is 10.6 Å². The number of aryl methyl sites for hydroxylation is 2. The molecule has 0 aromatic heterocycles. The van der Waals surface area contributed by atoms with Gasteiger partial charge in [-0.2, -0.15) is 0 Å². The highest BCUT2D eigenvalue weighted by atomic mass is 16.5. The van der Waals surface area contributed by atoms with Gasteiger partial charge in [-0.25, -0.2) is 0 Å². The highest BCUT2D eigenvalue weighted by Crippen LogP contribution is 2.17. The van der Waals surface area contributed by atoms with Crippen LogP contribution >= 0.6 is 0 Å². The topological polar surface area (TPSA) is 87.7 Å². The van der Waals surface area contributed by atoms with E-state index in [1.807, 2.05) is 62.4 Å². The van der Waals surface area contributed by atoms with E-state index in [0.29, 0.717) is 0 Å². The van der Waals surface area contributed by atoms with E-state index in [0.717, 1.165) is 22.3 Å². The molecule has 0 aliphatic heterocycles. The van der Waals surface area contributed by atoms with Crippen molar-refractivity contribution < 1.29 is 19.4 Å². The van der Waals surface area contributed by atoms with E-state index in [1.54, 1.807) is 0 Å². The van der Waals surface area contributed by atoms with Gasteiger partial charge in [0.1, 0.15) is 0 Å². The van der Waals surface area contributed by atoms with Crippen molar-refractivity contribution in [1.29, 1.82) is 0 Å². The second-order valence-electron chi connectivity index (χ2n) is 6.37. The lowest BCUT2D eigenvalue weighted by Gasteiger charge is -2.18. The second kappa shape index (κ2) is 10.4. The Morgan fingerprint density at radius 3 is 2.07 bits per heavy atom. The number of aliphatic hydroxyl groups excluding tert-OH is 1. The van der Waals surface area contributed by atoms with Crippen LogP contribution in [0.4, 0.5) is 0 Å². The van der Waals surface area contributed by atoms with Gasteiger partial charge in [0.2, 0.25) is 0 Å². The molecule has 27 heavy (non-hydrogen) atoms. The summed E-state index contributed by atoms with van der Waals surface area (Å²) < 4.78 is 5.59. The molecule has 0 spiro atoms. The highest BCUT2D eigenvalue weighted by Gasteiger charge is 2.17. The number of ether oxygens (including phenoxy) is 1. The van der Waals surface area contributed by atoms with E-state index in [-0.39, 0.29) is 26.3 Å². The lowest BCUT2D eigenvalue weighted by molar-refractivity contribution is -0.139. The Morgan fingerprint density at radius 2 is 1.48 bits per heavy atom. The van der Waals surface area contributed by atoms with E-state index >= 15 is 0 Å².